The quantitative estimate of drug-likeness (QED) is 0.425. The Morgan fingerprint density at radius 3 is 2.73 bits per heavy atom. The summed E-state index contributed by atoms with van der Waals surface area (Å²) in [6.07, 6.45) is 2.98. The van der Waals surface area contributed by atoms with E-state index in [1.165, 1.54) is 12.7 Å². The molecule has 1 rings (SSSR count). The van der Waals surface area contributed by atoms with Crippen molar-refractivity contribution in [3.8, 4) is 0 Å². The normalized spacial score (nSPS) is 33.2. The van der Waals surface area contributed by atoms with Crippen molar-refractivity contribution in [1.29, 1.82) is 0 Å². The fourth-order valence-corrected chi connectivity index (χ4v) is 1.53. The first-order valence-corrected chi connectivity index (χ1v) is 3.93. The molecule has 0 N–H and O–H groups in total. The van der Waals surface area contributed by atoms with E-state index in [0.717, 1.165) is 6.42 Å². The smallest absolute Gasteiger partial charge is 0.309 e. The van der Waals surface area contributed by atoms with Crippen LogP contribution in [-0.2, 0) is 9.53 Å². The van der Waals surface area contributed by atoms with E-state index in [1.54, 1.807) is 0 Å². The van der Waals surface area contributed by atoms with E-state index in [4.69, 9.17) is 0 Å². The van der Waals surface area contributed by atoms with Crippen LogP contribution in [0.25, 0.3) is 0 Å². The number of hydrogen-bond donors (Lipinski definition) is 0. The van der Waals surface area contributed by atoms with Gasteiger partial charge in [0.15, 0.2) is 0 Å². The molecule has 1 saturated carbocycles. The molecule has 1 fully saturated rings. The van der Waals surface area contributed by atoms with E-state index in [-0.39, 0.29) is 11.9 Å². The van der Waals surface area contributed by atoms with Crippen molar-refractivity contribution in [2.45, 2.75) is 20.3 Å². The largest absolute Gasteiger partial charge is 0.469 e. The molecule has 0 radical (unpaired) electrons. The number of ether oxygens (including phenoxy) is 1. The minimum atomic E-state index is -0.0666. The highest BCUT2D eigenvalue weighted by Gasteiger charge is 2.37. The Balaban J connectivity index is 2.51. The van der Waals surface area contributed by atoms with Crippen molar-refractivity contribution in [1.82, 2.24) is 0 Å². The first-order chi connectivity index (χ1) is 5.20. The van der Waals surface area contributed by atoms with Crippen molar-refractivity contribution in [3.05, 3.63) is 11.6 Å². The fraction of sp³-hybridized carbons (Fsp3) is 0.667. The second-order valence-corrected chi connectivity index (χ2v) is 2.99. The molecule has 0 unspecified atom stereocenters. The van der Waals surface area contributed by atoms with Crippen LogP contribution >= 0.6 is 0 Å². The van der Waals surface area contributed by atoms with Gasteiger partial charge in [-0.05, 0) is 19.3 Å². The van der Waals surface area contributed by atoms with Crippen LogP contribution in [-0.4, -0.2) is 13.1 Å². The Labute approximate surface area is 67.2 Å². The fourth-order valence-electron chi connectivity index (χ4n) is 1.53. The molecule has 0 spiro atoms. The number of esters is 1. The average molecular weight is 154 g/mol. The summed E-state index contributed by atoms with van der Waals surface area (Å²) in [7, 11) is 1.45. The first kappa shape index (κ1) is 8.31. The van der Waals surface area contributed by atoms with Crippen molar-refractivity contribution in [2.24, 2.45) is 11.8 Å². The van der Waals surface area contributed by atoms with Gasteiger partial charge in [-0.25, -0.2) is 0 Å². The third-order valence-electron chi connectivity index (χ3n) is 2.52. The number of hydrogen-bond acceptors (Lipinski definition) is 2. The molecule has 0 bridgehead atoms. The zero-order valence-corrected chi connectivity index (χ0v) is 7.26. The molecule has 1 aliphatic carbocycles. The van der Waals surface area contributed by atoms with E-state index >= 15 is 0 Å². The van der Waals surface area contributed by atoms with Crippen LogP contribution in [0.5, 0.6) is 0 Å². The maximum Gasteiger partial charge on any atom is 0.309 e. The van der Waals surface area contributed by atoms with Crippen LogP contribution in [0, 0.1) is 11.8 Å². The molecule has 62 valence electrons. The molecule has 2 nitrogen and oxygen atoms in total. The summed E-state index contributed by atoms with van der Waals surface area (Å²) in [5, 5.41) is 0. The van der Waals surface area contributed by atoms with Crippen molar-refractivity contribution >= 4 is 5.97 Å². The Hall–Kier alpha value is -0.790. The Bertz CT molecular complexity index is 194. The van der Waals surface area contributed by atoms with Gasteiger partial charge in [-0.1, -0.05) is 18.6 Å². The molecule has 0 aliphatic heterocycles. The van der Waals surface area contributed by atoms with E-state index in [1.807, 2.05) is 6.92 Å². The molecule has 2 atom stereocenters. The predicted octanol–water partition coefficient (Wildman–Crippen LogP) is 1.76. The van der Waals surface area contributed by atoms with Crippen molar-refractivity contribution in [2.75, 3.05) is 7.11 Å². The zero-order valence-electron chi connectivity index (χ0n) is 7.26. The number of allylic oxidation sites excluding steroid dienone is 2. The van der Waals surface area contributed by atoms with E-state index < -0.39 is 0 Å². The van der Waals surface area contributed by atoms with Gasteiger partial charge < -0.3 is 4.74 Å². The monoisotopic (exact) mass is 154 g/mol. The lowest BCUT2D eigenvalue weighted by atomic mass is 9.70. The van der Waals surface area contributed by atoms with Gasteiger partial charge >= 0.3 is 5.97 Å². The summed E-state index contributed by atoms with van der Waals surface area (Å²) in [6, 6.07) is 0. The zero-order chi connectivity index (χ0) is 8.43. The van der Waals surface area contributed by atoms with Crippen LogP contribution in [0.4, 0.5) is 0 Å². The van der Waals surface area contributed by atoms with Crippen LogP contribution < -0.4 is 0 Å². The lowest BCUT2D eigenvalue weighted by molar-refractivity contribution is -0.148. The Morgan fingerprint density at radius 2 is 2.36 bits per heavy atom. The third-order valence-corrected chi connectivity index (χ3v) is 2.52. The standard InChI is InChI=1S/C9H14O2/c1-4-7-5-8(6(7)2)9(10)11-3/h4,6,8H,5H2,1-3H3/b7-4-/t6-,8-/m0/s1. The second kappa shape index (κ2) is 3.07. The first-order valence-electron chi connectivity index (χ1n) is 3.93. The van der Waals surface area contributed by atoms with Gasteiger partial charge in [-0.3, -0.25) is 4.79 Å². The van der Waals surface area contributed by atoms with Crippen molar-refractivity contribution < 1.29 is 9.53 Å². The summed E-state index contributed by atoms with van der Waals surface area (Å²) in [5.41, 5.74) is 1.38. The predicted molar refractivity (Wildman–Crippen MR) is 43.0 cm³/mol. The molecule has 0 saturated heterocycles. The third kappa shape index (κ3) is 1.30. The molecule has 0 aromatic carbocycles. The molecule has 0 heterocycles. The number of rotatable bonds is 1. The van der Waals surface area contributed by atoms with E-state index in [2.05, 4.69) is 17.7 Å². The summed E-state index contributed by atoms with van der Waals surface area (Å²) in [4.78, 5) is 11.0. The summed E-state index contributed by atoms with van der Waals surface area (Å²) in [5.74, 6) is 0.446. The Morgan fingerprint density at radius 1 is 1.73 bits per heavy atom. The highest BCUT2D eigenvalue weighted by molar-refractivity contribution is 5.75. The maximum atomic E-state index is 11.0. The Kier molecular flexibility index (Phi) is 2.32. The summed E-state index contributed by atoms with van der Waals surface area (Å²) in [6.45, 7) is 4.08. The van der Waals surface area contributed by atoms with Gasteiger partial charge in [0.25, 0.3) is 0 Å². The van der Waals surface area contributed by atoms with Crippen LogP contribution in [0.2, 0.25) is 0 Å². The van der Waals surface area contributed by atoms with E-state index in [9.17, 15) is 4.79 Å². The molecule has 2 heteroatoms. The molecule has 0 aromatic rings. The molecule has 0 amide bonds. The molecule has 1 aliphatic rings. The topological polar surface area (TPSA) is 26.3 Å². The van der Waals surface area contributed by atoms with Crippen LogP contribution in [0.3, 0.4) is 0 Å². The van der Waals surface area contributed by atoms with Gasteiger partial charge in [0, 0.05) is 0 Å². The summed E-state index contributed by atoms with van der Waals surface area (Å²) >= 11 is 0. The molecule has 11 heavy (non-hydrogen) atoms. The molecular weight excluding hydrogens is 140 g/mol. The number of methoxy groups -OCH3 is 1. The molecular formula is C9H14O2. The highest BCUT2D eigenvalue weighted by Crippen LogP contribution is 2.39. The number of carbonyl (C=O) groups is 1. The van der Waals surface area contributed by atoms with Crippen LogP contribution in [0.1, 0.15) is 20.3 Å². The lowest BCUT2D eigenvalue weighted by Crippen LogP contribution is -2.34. The molecule has 0 aromatic heterocycles. The van der Waals surface area contributed by atoms with Gasteiger partial charge in [0.1, 0.15) is 0 Å². The minimum Gasteiger partial charge on any atom is -0.469 e. The van der Waals surface area contributed by atoms with Crippen molar-refractivity contribution in [3.63, 3.8) is 0 Å². The lowest BCUT2D eigenvalue weighted by Gasteiger charge is -2.34. The SMILES string of the molecule is C/C=C1/C[C@H](C(=O)OC)[C@H]1C. The summed E-state index contributed by atoms with van der Waals surface area (Å²) < 4.78 is 4.65. The van der Waals surface area contributed by atoms with Gasteiger partial charge in [-0.2, -0.15) is 0 Å². The second-order valence-electron chi connectivity index (χ2n) is 2.99. The minimum absolute atomic E-state index is 0.0666. The maximum absolute atomic E-state index is 11.0. The van der Waals surface area contributed by atoms with Gasteiger partial charge in [0.05, 0.1) is 13.0 Å². The average Bonchev–Trinajstić information content (AvgIpc) is 2.02. The number of carbonyl (C=O) groups excluding carboxylic acids is 1. The van der Waals surface area contributed by atoms with Gasteiger partial charge in [-0.15, -0.1) is 0 Å². The van der Waals surface area contributed by atoms with E-state index in [0.29, 0.717) is 5.92 Å². The van der Waals surface area contributed by atoms with Gasteiger partial charge in [0.2, 0.25) is 0 Å². The van der Waals surface area contributed by atoms with Crippen LogP contribution in [0.15, 0.2) is 11.6 Å². The highest BCUT2D eigenvalue weighted by atomic mass is 16.5.